The van der Waals surface area contributed by atoms with E-state index in [1.807, 2.05) is 43.3 Å². The summed E-state index contributed by atoms with van der Waals surface area (Å²) in [5.74, 6) is 0.328. The molecule has 0 atom stereocenters. The topological polar surface area (TPSA) is 59.8 Å². The molecule has 0 fully saturated rings. The summed E-state index contributed by atoms with van der Waals surface area (Å²) >= 11 is 12.1. The second-order valence-electron chi connectivity index (χ2n) is 5.97. The van der Waals surface area contributed by atoms with Crippen LogP contribution in [0.15, 0.2) is 60.8 Å². The Labute approximate surface area is 165 Å². The first-order chi connectivity index (χ1) is 13.0. The van der Waals surface area contributed by atoms with Gasteiger partial charge in [-0.25, -0.2) is 9.67 Å². The molecule has 1 N–H and O–H groups in total. The average molecular weight is 397 g/mol. The van der Waals surface area contributed by atoms with Gasteiger partial charge in [0.25, 0.3) is 5.91 Å². The van der Waals surface area contributed by atoms with Gasteiger partial charge in [0, 0.05) is 5.39 Å². The number of amides is 1. The summed E-state index contributed by atoms with van der Waals surface area (Å²) in [5, 5.41) is 8.82. The zero-order valence-electron chi connectivity index (χ0n) is 14.3. The number of carbonyl (C=O) groups is 1. The van der Waals surface area contributed by atoms with Gasteiger partial charge in [-0.2, -0.15) is 5.10 Å². The second kappa shape index (κ2) is 7.02. The first-order valence-electron chi connectivity index (χ1n) is 8.21. The van der Waals surface area contributed by atoms with Gasteiger partial charge in [0.15, 0.2) is 5.82 Å². The number of fused-ring (bicyclic) bond motifs is 1. The van der Waals surface area contributed by atoms with Crippen LogP contribution in [0.4, 0.5) is 5.69 Å². The molecule has 0 saturated carbocycles. The Morgan fingerprint density at radius 2 is 1.85 bits per heavy atom. The number of anilines is 1. The second-order valence-corrected chi connectivity index (χ2v) is 6.76. The molecule has 0 bridgehead atoms. The maximum Gasteiger partial charge on any atom is 0.259 e. The molecular weight excluding hydrogens is 383 g/mol. The molecular formula is C20H14Cl2N4O. The van der Waals surface area contributed by atoms with Crippen LogP contribution in [0.2, 0.25) is 10.0 Å². The van der Waals surface area contributed by atoms with Gasteiger partial charge in [-0.15, -0.1) is 0 Å². The predicted molar refractivity (Wildman–Crippen MR) is 108 cm³/mol. The van der Waals surface area contributed by atoms with Crippen molar-refractivity contribution < 1.29 is 4.79 Å². The Kier molecular flexibility index (Phi) is 4.56. The van der Waals surface area contributed by atoms with Gasteiger partial charge in [0.1, 0.15) is 0 Å². The van der Waals surface area contributed by atoms with E-state index >= 15 is 0 Å². The maximum absolute atomic E-state index is 12.7. The maximum atomic E-state index is 12.7. The molecule has 0 unspecified atom stereocenters. The molecule has 4 rings (SSSR count). The standard InChI is InChI=1S/C20H14Cl2N4O/c1-12-14(20(27)25-17-8-4-6-15(21)19(17)22)11-23-26(12)18-10-9-13-5-2-3-7-16(13)24-18/h2-11H,1H3,(H,25,27). The van der Waals surface area contributed by atoms with Crippen LogP contribution in [0.1, 0.15) is 16.1 Å². The summed E-state index contributed by atoms with van der Waals surface area (Å²) < 4.78 is 1.64. The Bertz CT molecular complexity index is 1170. The number of rotatable bonds is 3. The number of pyridine rings is 1. The van der Waals surface area contributed by atoms with E-state index in [0.717, 1.165) is 10.9 Å². The molecule has 1 amide bonds. The van der Waals surface area contributed by atoms with Crippen LogP contribution in [0.25, 0.3) is 16.7 Å². The summed E-state index contributed by atoms with van der Waals surface area (Å²) in [4.78, 5) is 17.3. The molecule has 2 aromatic heterocycles. The van der Waals surface area contributed by atoms with Crippen LogP contribution in [-0.2, 0) is 0 Å². The predicted octanol–water partition coefficient (Wildman–Crippen LogP) is 5.29. The highest BCUT2D eigenvalue weighted by molar-refractivity contribution is 6.44. The van der Waals surface area contributed by atoms with Gasteiger partial charge in [-0.1, -0.05) is 47.5 Å². The Morgan fingerprint density at radius 1 is 1.04 bits per heavy atom. The van der Waals surface area contributed by atoms with Crippen molar-refractivity contribution in [2.75, 3.05) is 5.32 Å². The lowest BCUT2D eigenvalue weighted by Gasteiger charge is -2.09. The fourth-order valence-corrected chi connectivity index (χ4v) is 3.17. The third-order valence-corrected chi connectivity index (χ3v) is 5.07. The third kappa shape index (κ3) is 3.27. The monoisotopic (exact) mass is 396 g/mol. The summed E-state index contributed by atoms with van der Waals surface area (Å²) in [7, 11) is 0. The highest BCUT2D eigenvalue weighted by Gasteiger charge is 2.17. The van der Waals surface area contributed by atoms with E-state index in [-0.39, 0.29) is 5.91 Å². The molecule has 0 aliphatic rings. The summed E-state index contributed by atoms with van der Waals surface area (Å²) in [5.41, 5.74) is 2.42. The smallest absolute Gasteiger partial charge is 0.259 e. The fraction of sp³-hybridized carbons (Fsp3) is 0.0500. The zero-order valence-corrected chi connectivity index (χ0v) is 15.8. The van der Waals surface area contributed by atoms with Gasteiger partial charge >= 0.3 is 0 Å². The van der Waals surface area contributed by atoms with E-state index in [2.05, 4.69) is 15.4 Å². The number of aromatic nitrogens is 3. The molecule has 0 aliphatic carbocycles. The first kappa shape index (κ1) is 17.5. The van der Waals surface area contributed by atoms with Crippen molar-refractivity contribution in [1.29, 1.82) is 0 Å². The van der Waals surface area contributed by atoms with Crippen LogP contribution in [0, 0.1) is 6.92 Å². The van der Waals surface area contributed by atoms with Crippen LogP contribution in [-0.4, -0.2) is 20.7 Å². The van der Waals surface area contributed by atoms with Crippen molar-refractivity contribution in [3.63, 3.8) is 0 Å². The molecule has 134 valence electrons. The van der Waals surface area contributed by atoms with Crippen LogP contribution in [0.3, 0.4) is 0 Å². The minimum absolute atomic E-state index is 0.300. The lowest BCUT2D eigenvalue weighted by molar-refractivity contribution is 0.102. The van der Waals surface area contributed by atoms with E-state index in [9.17, 15) is 4.79 Å². The van der Waals surface area contributed by atoms with Crippen molar-refractivity contribution in [1.82, 2.24) is 14.8 Å². The van der Waals surface area contributed by atoms with Crippen molar-refractivity contribution in [3.05, 3.63) is 82.1 Å². The number of benzene rings is 2. The van der Waals surface area contributed by atoms with Crippen molar-refractivity contribution in [2.24, 2.45) is 0 Å². The summed E-state index contributed by atoms with van der Waals surface area (Å²) in [6.07, 6.45) is 1.51. The average Bonchev–Trinajstić information content (AvgIpc) is 3.06. The number of nitrogens with one attached hydrogen (secondary N) is 1. The lowest BCUT2D eigenvalue weighted by Crippen LogP contribution is -2.13. The number of hydrogen-bond acceptors (Lipinski definition) is 3. The Morgan fingerprint density at radius 3 is 2.70 bits per heavy atom. The van der Waals surface area contributed by atoms with Gasteiger partial charge in [0.05, 0.1) is 38.7 Å². The highest BCUT2D eigenvalue weighted by Crippen LogP contribution is 2.30. The van der Waals surface area contributed by atoms with Gasteiger partial charge < -0.3 is 5.32 Å². The normalized spacial score (nSPS) is 10.9. The molecule has 0 saturated heterocycles. The minimum atomic E-state index is -0.316. The number of nitrogens with zero attached hydrogens (tertiary/aromatic N) is 3. The van der Waals surface area contributed by atoms with Crippen molar-refractivity contribution in [2.45, 2.75) is 6.92 Å². The zero-order chi connectivity index (χ0) is 19.0. The van der Waals surface area contributed by atoms with E-state index in [1.165, 1.54) is 6.20 Å². The third-order valence-electron chi connectivity index (χ3n) is 4.25. The van der Waals surface area contributed by atoms with Gasteiger partial charge in [0.2, 0.25) is 0 Å². The molecule has 2 aromatic carbocycles. The van der Waals surface area contributed by atoms with E-state index < -0.39 is 0 Å². The van der Waals surface area contributed by atoms with Crippen LogP contribution < -0.4 is 5.32 Å². The van der Waals surface area contributed by atoms with E-state index in [1.54, 1.807) is 22.9 Å². The molecule has 0 aliphatic heterocycles. The molecule has 4 aromatic rings. The minimum Gasteiger partial charge on any atom is -0.320 e. The number of halogens is 2. The van der Waals surface area contributed by atoms with Gasteiger partial charge in [-0.05, 0) is 37.3 Å². The number of carbonyl (C=O) groups excluding carboxylic acids is 1. The molecule has 0 spiro atoms. The van der Waals surface area contributed by atoms with Crippen LogP contribution >= 0.6 is 23.2 Å². The molecule has 5 nitrogen and oxygen atoms in total. The van der Waals surface area contributed by atoms with E-state index in [0.29, 0.717) is 32.8 Å². The van der Waals surface area contributed by atoms with Crippen molar-refractivity contribution in [3.8, 4) is 5.82 Å². The molecule has 7 heteroatoms. The van der Waals surface area contributed by atoms with Crippen molar-refractivity contribution >= 4 is 45.7 Å². The molecule has 27 heavy (non-hydrogen) atoms. The Balaban J connectivity index is 1.66. The quantitative estimate of drug-likeness (QED) is 0.511. The highest BCUT2D eigenvalue weighted by atomic mass is 35.5. The summed E-state index contributed by atoms with van der Waals surface area (Å²) in [6, 6.07) is 16.8. The first-order valence-corrected chi connectivity index (χ1v) is 8.96. The Hall–Kier alpha value is -2.89. The molecule has 0 radical (unpaired) electrons. The van der Waals surface area contributed by atoms with Crippen LogP contribution in [0.5, 0.6) is 0 Å². The SMILES string of the molecule is Cc1c(C(=O)Nc2cccc(Cl)c2Cl)cnn1-c1ccc2ccccc2n1. The largest absolute Gasteiger partial charge is 0.320 e. The lowest BCUT2D eigenvalue weighted by atomic mass is 10.2. The van der Waals surface area contributed by atoms with E-state index in [4.69, 9.17) is 23.2 Å². The number of hydrogen-bond donors (Lipinski definition) is 1. The number of para-hydroxylation sites is 1. The summed E-state index contributed by atoms with van der Waals surface area (Å²) in [6.45, 7) is 1.82. The fourth-order valence-electron chi connectivity index (χ4n) is 2.83. The molecule has 2 heterocycles. The van der Waals surface area contributed by atoms with Gasteiger partial charge in [-0.3, -0.25) is 4.79 Å².